The Hall–Kier alpha value is -1.82. The molecule has 1 atom stereocenters. The summed E-state index contributed by atoms with van der Waals surface area (Å²) in [7, 11) is -3.37. The third kappa shape index (κ3) is 3.64. The molecule has 0 heterocycles. The molecular weight excluding hydrogens is 290 g/mol. The molecule has 114 valence electrons. The average molecular weight is 309 g/mol. The van der Waals surface area contributed by atoms with Crippen LogP contribution in [0.2, 0.25) is 0 Å². The van der Waals surface area contributed by atoms with Gasteiger partial charge in [-0.2, -0.15) is 0 Å². The molecule has 1 aromatic carbocycles. The highest BCUT2D eigenvalue weighted by molar-refractivity contribution is 7.91. The minimum Gasteiger partial charge on any atom is -0.506 e. The lowest BCUT2D eigenvalue weighted by atomic mass is 9.93. The first kappa shape index (κ1) is 15.6. The highest BCUT2D eigenvalue weighted by Gasteiger charge is 2.21. The molecule has 0 saturated carbocycles. The second kappa shape index (κ2) is 6.30. The van der Waals surface area contributed by atoms with Crippen molar-refractivity contribution in [2.45, 2.75) is 31.1 Å². The van der Waals surface area contributed by atoms with E-state index in [1.807, 2.05) is 12.2 Å². The number of rotatable bonds is 4. The van der Waals surface area contributed by atoms with Crippen LogP contribution in [0.1, 0.15) is 26.2 Å². The average Bonchev–Trinajstić information content (AvgIpc) is 2.50. The number of phenolic OH excluding ortho intramolecular Hbond substituents is 1. The molecule has 1 aliphatic carbocycles. The summed E-state index contributed by atoms with van der Waals surface area (Å²) >= 11 is 0. The number of carbonyl (C=O) groups excluding carboxylic acids is 1. The number of anilines is 1. The molecule has 1 aliphatic rings. The van der Waals surface area contributed by atoms with Gasteiger partial charge in [-0.15, -0.1) is 0 Å². The molecule has 0 spiro atoms. The van der Waals surface area contributed by atoms with Gasteiger partial charge in [-0.3, -0.25) is 4.79 Å². The summed E-state index contributed by atoms with van der Waals surface area (Å²) in [4.78, 5) is 12.2. The molecule has 2 rings (SSSR count). The van der Waals surface area contributed by atoms with E-state index in [1.54, 1.807) is 6.92 Å². The Kier molecular flexibility index (Phi) is 4.67. The van der Waals surface area contributed by atoms with E-state index in [0.29, 0.717) is 6.42 Å². The summed E-state index contributed by atoms with van der Waals surface area (Å²) < 4.78 is 23.7. The highest BCUT2D eigenvalue weighted by Crippen LogP contribution is 2.28. The fourth-order valence-corrected chi connectivity index (χ4v) is 3.15. The number of amides is 1. The van der Waals surface area contributed by atoms with Gasteiger partial charge in [0.15, 0.2) is 9.84 Å². The smallest absolute Gasteiger partial charge is 0.227 e. The third-order valence-corrected chi connectivity index (χ3v) is 5.34. The van der Waals surface area contributed by atoms with Crippen molar-refractivity contribution in [2.75, 3.05) is 11.1 Å². The number of nitrogens with one attached hydrogen (secondary N) is 1. The number of hydrogen-bond acceptors (Lipinski definition) is 4. The summed E-state index contributed by atoms with van der Waals surface area (Å²) in [5.74, 6) is -0.496. The quantitative estimate of drug-likeness (QED) is 0.661. The van der Waals surface area contributed by atoms with Crippen LogP contribution in [0, 0.1) is 5.92 Å². The van der Waals surface area contributed by atoms with Crippen LogP contribution >= 0.6 is 0 Å². The lowest BCUT2D eigenvalue weighted by Gasteiger charge is -2.18. The van der Waals surface area contributed by atoms with Crippen LogP contribution in [0.5, 0.6) is 5.75 Å². The minimum absolute atomic E-state index is 0.0292. The molecule has 0 aromatic heterocycles. The topological polar surface area (TPSA) is 83.5 Å². The van der Waals surface area contributed by atoms with Gasteiger partial charge in [0, 0.05) is 5.92 Å². The van der Waals surface area contributed by atoms with E-state index in [-0.39, 0.29) is 33.9 Å². The van der Waals surface area contributed by atoms with E-state index >= 15 is 0 Å². The van der Waals surface area contributed by atoms with Crippen LogP contribution in [0.3, 0.4) is 0 Å². The fraction of sp³-hybridized carbons (Fsp3) is 0.400. The standard InChI is InChI=1S/C15H19NO4S/c1-2-21(19,20)12-8-9-14(17)13(10-12)16-15(18)11-6-4-3-5-7-11/h3-4,8-11,17H,2,5-7H2,1H3,(H,16,18)/t11-/m0/s1. The van der Waals surface area contributed by atoms with Gasteiger partial charge in [-0.25, -0.2) is 8.42 Å². The normalized spacial score (nSPS) is 18.4. The van der Waals surface area contributed by atoms with Gasteiger partial charge in [-0.05, 0) is 37.5 Å². The van der Waals surface area contributed by atoms with Crippen LogP contribution in [-0.2, 0) is 14.6 Å². The predicted octanol–water partition coefficient (Wildman–Crippen LogP) is 2.48. The Morgan fingerprint density at radius 3 is 2.76 bits per heavy atom. The Morgan fingerprint density at radius 2 is 2.14 bits per heavy atom. The van der Waals surface area contributed by atoms with E-state index in [4.69, 9.17) is 0 Å². The number of allylic oxidation sites excluding steroid dienone is 2. The molecule has 21 heavy (non-hydrogen) atoms. The lowest BCUT2D eigenvalue weighted by Crippen LogP contribution is -2.23. The SMILES string of the molecule is CCS(=O)(=O)c1ccc(O)c(NC(=O)[C@H]2CC=CCC2)c1. The fourth-order valence-electron chi connectivity index (χ4n) is 2.24. The van der Waals surface area contributed by atoms with Gasteiger partial charge < -0.3 is 10.4 Å². The first-order valence-electron chi connectivity index (χ1n) is 6.95. The van der Waals surface area contributed by atoms with Gasteiger partial charge in [-0.1, -0.05) is 19.1 Å². The van der Waals surface area contributed by atoms with Crippen molar-refractivity contribution in [1.29, 1.82) is 0 Å². The summed E-state index contributed by atoms with van der Waals surface area (Å²) in [6, 6.07) is 3.94. The van der Waals surface area contributed by atoms with E-state index in [9.17, 15) is 18.3 Å². The molecular formula is C15H19NO4S. The van der Waals surface area contributed by atoms with E-state index < -0.39 is 9.84 Å². The Balaban J connectivity index is 2.21. The molecule has 5 nitrogen and oxygen atoms in total. The highest BCUT2D eigenvalue weighted by atomic mass is 32.2. The molecule has 0 unspecified atom stereocenters. The number of aromatic hydroxyl groups is 1. The number of carbonyl (C=O) groups is 1. The zero-order valence-electron chi connectivity index (χ0n) is 11.9. The first-order valence-corrected chi connectivity index (χ1v) is 8.61. The van der Waals surface area contributed by atoms with Gasteiger partial charge in [0.2, 0.25) is 5.91 Å². The monoisotopic (exact) mass is 309 g/mol. The number of hydrogen-bond donors (Lipinski definition) is 2. The molecule has 0 bridgehead atoms. The zero-order chi connectivity index (χ0) is 15.5. The van der Waals surface area contributed by atoms with Crippen LogP contribution in [0.25, 0.3) is 0 Å². The van der Waals surface area contributed by atoms with Crippen molar-refractivity contribution in [2.24, 2.45) is 5.92 Å². The van der Waals surface area contributed by atoms with Gasteiger partial charge in [0.1, 0.15) is 5.75 Å². The third-order valence-electron chi connectivity index (χ3n) is 3.60. The van der Waals surface area contributed by atoms with Crippen molar-refractivity contribution in [3.63, 3.8) is 0 Å². The summed E-state index contributed by atoms with van der Waals surface area (Å²) in [5, 5.41) is 12.4. The van der Waals surface area contributed by atoms with E-state index in [2.05, 4.69) is 5.32 Å². The molecule has 6 heteroatoms. The Morgan fingerprint density at radius 1 is 1.38 bits per heavy atom. The second-order valence-corrected chi connectivity index (χ2v) is 7.33. The van der Waals surface area contributed by atoms with Gasteiger partial charge in [0.05, 0.1) is 16.3 Å². The number of sulfone groups is 1. The molecule has 0 radical (unpaired) electrons. The molecule has 0 saturated heterocycles. The molecule has 0 fully saturated rings. The molecule has 1 amide bonds. The van der Waals surface area contributed by atoms with Gasteiger partial charge in [0.25, 0.3) is 0 Å². The van der Waals surface area contributed by atoms with Crippen LogP contribution < -0.4 is 5.32 Å². The summed E-state index contributed by atoms with van der Waals surface area (Å²) in [6.45, 7) is 1.55. The van der Waals surface area contributed by atoms with Crippen molar-refractivity contribution in [1.82, 2.24) is 0 Å². The first-order chi connectivity index (χ1) is 9.94. The molecule has 2 N–H and O–H groups in total. The summed E-state index contributed by atoms with van der Waals surface area (Å²) in [5.41, 5.74) is 0.143. The maximum absolute atomic E-state index is 12.1. The maximum Gasteiger partial charge on any atom is 0.227 e. The van der Waals surface area contributed by atoms with E-state index in [1.165, 1.54) is 18.2 Å². The molecule has 0 aliphatic heterocycles. The minimum atomic E-state index is -3.37. The van der Waals surface area contributed by atoms with Crippen molar-refractivity contribution >= 4 is 21.4 Å². The number of benzene rings is 1. The maximum atomic E-state index is 12.1. The van der Waals surface area contributed by atoms with Crippen LogP contribution in [-0.4, -0.2) is 25.2 Å². The van der Waals surface area contributed by atoms with E-state index in [0.717, 1.165) is 12.8 Å². The zero-order valence-corrected chi connectivity index (χ0v) is 12.7. The number of phenols is 1. The van der Waals surface area contributed by atoms with Crippen molar-refractivity contribution < 1.29 is 18.3 Å². The lowest BCUT2D eigenvalue weighted by molar-refractivity contribution is -0.120. The Labute approximate surface area is 124 Å². The molecule has 1 aromatic rings. The van der Waals surface area contributed by atoms with Crippen molar-refractivity contribution in [3.8, 4) is 5.75 Å². The van der Waals surface area contributed by atoms with Crippen LogP contribution in [0.4, 0.5) is 5.69 Å². The summed E-state index contributed by atoms with van der Waals surface area (Å²) in [6.07, 6.45) is 6.28. The largest absolute Gasteiger partial charge is 0.506 e. The predicted molar refractivity (Wildman–Crippen MR) is 80.9 cm³/mol. The van der Waals surface area contributed by atoms with Gasteiger partial charge >= 0.3 is 0 Å². The van der Waals surface area contributed by atoms with Crippen molar-refractivity contribution in [3.05, 3.63) is 30.4 Å². The Bertz CT molecular complexity index is 664. The van der Waals surface area contributed by atoms with Crippen LogP contribution in [0.15, 0.2) is 35.2 Å². The second-order valence-electron chi connectivity index (χ2n) is 5.05.